The van der Waals surface area contributed by atoms with Gasteiger partial charge < -0.3 is 25.2 Å². The van der Waals surface area contributed by atoms with Crippen molar-refractivity contribution in [2.45, 2.75) is 19.4 Å². The number of hydrogen-bond donors (Lipinski definition) is 3. The molecule has 0 radical (unpaired) electrons. The molecular weight excluding hydrogens is 264 g/mol. The van der Waals surface area contributed by atoms with E-state index in [0.717, 1.165) is 0 Å². The van der Waals surface area contributed by atoms with Crippen molar-refractivity contribution in [2.75, 3.05) is 19.5 Å². The van der Waals surface area contributed by atoms with Crippen LogP contribution in [0.25, 0.3) is 0 Å². The molecule has 2 amide bonds. The lowest BCUT2D eigenvalue weighted by molar-refractivity contribution is -0.139. The Morgan fingerprint density at radius 2 is 2.00 bits per heavy atom. The van der Waals surface area contributed by atoms with Gasteiger partial charge in [0.1, 0.15) is 17.5 Å². The van der Waals surface area contributed by atoms with E-state index in [1.165, 1.54) is 14.2 Å². The van der Waals surface area contributed by atoms with Gasteiger partial charge in [-0.05, 0) is 18.6 Å². The summed E-state index contributed by atoms with van der Waals surface area (Å²) in [6.45, 7) is 1.67. The Labute approximate surface area is 116 Å². The number of carboxylic acids is 1. The molecule has 1 unspecified atom stereocenters. The maximum Gasteiger partial charge on any atom is 0.326 e. The van der Waals surface area contributed by atoms with Crippen LogP contribution in [0, 0.1) is 0 Å². The molecule has 0 aliphatic rings. The van der Waals surface area contributed by atoms with Gasteiger partial charge in [-0.15, -0.1) is 0 Å². The van der Waals surface area contributed by atoms with E-state index >= 15 is 0 Å². The Bertz CT molecular complexity index is 490. The van der Waals surface area contributed by atoms with E-state index in [4.69, 9.17) is 14.6 Å². The third-order valence-electron chi connectivity index (χ3n) is 2.67. The van der Waals surface area contributed by atoms with Crippen LogP contribution in [0.15, 0.2) is 18.2 Å². The van der Waals surface area contributed by atoms with Crippen LogP contribution in [0.1, 0.15) is 13.3 Å². The number of hydrogen-bond acceptors (Lipinski definition) is 4. The first kappa shape index (κ1) is 15.6. The molecular formula is C13H18N2O5. The van der Waals surface area contributed by atoms with E-state index in [0.29, 0.717) is 17.2 Å². The van der Waals surface area contributed by atoms with Crippen molar-refractivity contribution < 1.29 is 24.2 Å². The van der Waals surface area contributed by atoms with Gasteiger partial charge >= 0.3 is 12.0 Å². The Morgan fingerprint density at radius 3 is 2.50 bits per heavy atom. The van der Waals surface area contributed by atoms with Gasteiger partial charge in [0.15, 0.2) is 0 Å². The van der Waals surface area contributed by atoms with Crippen LogP contribution >= 0.6 is 0 Å². The molecule has 1 rings (SSSR count). The first-order chi connectivity index (χ1) is 9.51. The molecule has 20 heavy (non-hydrogen) atoms. The Morgan fingerprint density at radius 1 is 1.30 bits per heavy atom. The molecule has 0 spiro atoms. The topological polar surface area (TPSA) is 96.9 Å². The molecule has 1 aromatic rings. The van der Waals surface area contributed by atoms with Crippen molar-refractivity contribution in [1.82, 2.24) is 5.32 Å². The van der Waals surface area contributed by atoms with Gasteiger partial charge in [-0.1, -0.05) is 6.92 Å². The molecule has 3 N–H and O–H groups in total. The summed E-state index contributed by atoms with van der Waals surface area (Å²) in [6, 6.07) is 3.36. The van der Waals surface area contributed by atoms with E-state index in [1.807, 2.05) is 0 Å². The highest BCUT2D eigenvalue weighted by atomic mass is 16.5. The maximum atomic E-state index is 11.8. The van der Waals surface area contributed by atoms with E-state index < -0.39 is 18.0 Å². The number of carboxylic acid groups (broad SMARTS) is 1. The number of aliphatic carboxylic acids is 1. The number of ether oxygens (including phenoxy) is 2. The molecule has 0 aromatic heterocycles. The lowest BCUT2D eigenvalue weighted by atomic mass is 10.2. The van der Waals surface area contributed by atoms with Gasteiger partial charge in [-0.2, -0.15) is 0 Å². The number of methoxy groups -OCH3 is 2. The van der Waals surface area contributed by atoms with Crippen LogP contribution in [0.4, 0.5) is 10.5 Å². The average molecular weight is 282 g/mol. The monoisotopic (exact) mass is 282 g/mol. The summed E-state index contributed by atoms with van der Waals surface area (Å²) in [6.07, 6.45) is 0.290. The zero-order chi connectivity index (χ0) is 15.1. The van der Waals surface area contributed by atoms with Gasteiger partial charge in [-0.25, -0.2) is 9.59 Å². The second kappa shape index (κ2) is 7.22. The second-order valence-corrected chi connectivity index (χ2v) is 3.96. The largest absolute Gasteiger partial charge is 0.497 e. The molecule has 110 valence electrons. The fourth-order valence-electron chi connectivity index (χ4n) is 1.57. The Hall–Kier alpha value is -2.44. The van der Waals surface area contributed by atoms with Crippen molar-refractivity contribution in [3.05, 3.63) is 18.2 Å². The second-order valence-electron chi connectivity index (χ2n) is 3.96. The summed E-state index contributed by atoms with van der Waals surface area (Å²) in [4.78, 5) is 22.6. The molecule has 0 fully saturated rings. The minimum Gasteiger partial charge on any atom is -0.497 e. The highest BCUT2D eigenvalue weighted by Gasteiger charge is 2.18. The maximum absolute atomic E-state index is 11.8. The van der Waals surface area contributed by atoms with Crippen molar-refractivity contribution >= 4 is 17.7 Å². The summed E-state index contributed by atoms with van der Waals surface area (Å²) >= 11 is 0. The van der Waals surface area contributed by atoms with Crippen LogP contribution in [-0.2, 0) is 4.79 Å². The average Bonchev–Trinajstić information content (AvgIpc) is 2.44. The number of anilines is 1. The first-order valence-electron chi connectivity index (χ1n) is 6.04. The number of rotatable bonds is 6. The highest BCUT2D eigenvalue weighted by molar-refractivity contribution is 5.93. The molecule has 1 aromatic carbocycles. The standard InChI is InChI=1S/C13H18N2O5/c1-4-9(12(16)17)14-13(18)15-10-7-8(19-2)5-6-11(10)20-3/h5-7,9H,4H2,1-3H3,(H,16,17)(H2,14,15,18). The lowest BCUT2D eigenvalue weighted by Gasteiger charge is -2.15. The van der Waals surface area contributed by atoms with Crippen LogP contribution in [0.5, 0.6) is 11.5 Å². The lowest BCUT2D eigenvalue weighted by Crippen LogP contribution is -2.42. The zero-order valence-electron chi connectivity index (χ0n) is 11.6. The van der Waals surface area contributed by atoms with Gasteiger partial charge in [-0.3, -0.25) is 0 Å². The number of carbonyl (C=O) groups is 2. The summed E-state index contributed by atoms with van der Waals surface area (Å²) in [5.41, 5.74) is 0.393. The predicted molar refractivity (Wildman–Crippen MR) is 73.4 cm³/mol. The molecule has 7 nitrogen and oxygen atoms in total. The molecule has 0 saturated carbocycles. The van der Waals surface area contributed by atoms with E-state index in [1.54, 1.807) is 25.1 Å². The molecule has 1 atom stereocenters. The van der Waals surface area contributed by atoms with Crippen LogP contribution in [0.2, 0.25) is 0 Å². The van der Waals surface area contributed by atoms with Gasteiger partial charge in [0, 0.05) is 6.07 Å². The van der Waals surface area contributed by atoms with E-state index in [9.17, 15) is 9.59 Å². The quantitative estimate of drug-likeness (QED) is 0.737. The molecule has 0 heterocycles. The minimum absolute atomic E-state index is 0.290. The third-order valence-corrected chi connectivity index (χ3v) is 2.67. The minimum atomic E-state index is -1.08. The summed E-state index contributed by atoms with van der Waals surface area (Å²) in [5, 5.41) is 13.8. The van der Waals surface area contributed by atoms with Crippen LogP contribution in [-0.4, -0.2) is 37.4 Å². The smallest absolute Gasteiger partial charge is 0.326 e. The molecule has 7 heteroatoms. The Balaban J connectivity index is 2.81. The number of urea groups is 1. The fourth-order valence-corrected chi connectivity index (χ4v) is 1.57. The van der Waals surface area contributed by atoms with E-state index in [-0.39, 0.29) is 6.42 Å². The van der Waals surface area contributed by atoms with Crippen LogP contribution < -0.4 is 20.1 Å². The SMILES string of the molecule is CCC(NC(=O)Nc1cc(OC)ccc1OC)C(=O)O. The number of carbonyl (C=O) groups excluding carboxylic acids is 1. The van der Waals surface area contributed by atoms with Crippen LogP contribution in [0.3, 0.4) is 0 Å². The van der Waals surface area contributed by atoms with Gasteiger partial charge in [0.25, 0.3) is 0 Å². The van der Waals surface area contributed by atoms with Crippen molar-refractivity contribution in [3.63, 3.8) is 0 Å². The predicted octanol–water partition coefficient (Wildman–Crippen LogP) is 1.69. The molecule has 0 aliphatic heterocycles. The van der Waals surface area contributed by atoms with E-state index in [2.05, 4.69) is 10.6 Å². The fraction of sp³-hybridized carbons (Fsp3) is 0.385. The van der Waals surface area contributed by atoms with Crippen molar-refractivity contribution in [1.29, 1.82) is 0 Å². The van der Waals surface area contributed by atoms with Gasteiger partial charge in [0.05, 0.1) is 19.9 Å². The Kier molecular flexibility index (Phi) is 5.64. The van der Waals surface area contributed by atoms with Gasteiger partial charge in [0.2, 0.25) is 0 Å². The van der Waals surface area contributed by atoms with Crippen molar-refractivity contribution in [3.8, 4) is 11.5 Å². The number of nitrogens with one attached hydrogen (secondary N) is 2. The normalized spacial score (nSPS) is 11.3. The summed E-state index contributed by atoms with van der Waals surface area (Å²) < 4.78 is 10.2. The highest BCUT2D eigenvalue weighted by Crippen LogP contribution is 2.28. The molecule has 0 saturated heterocycles. The summed E-state index contributed by atoms with van der Waals surface area (Å²) in [7, 11) is 2.97. The zero-order valence-corrected chi connectivity index (χ0v) is 11.6. The third kappa shape index (κ3) is 4.04. The number of amides is 2. The summed E-state index contributed by atoms with van der Waals surface area (Å²) in [5.74, 6) is -0.0871. The van der Waals surface area contributed by atoms with Crippen molar-refractivity contribution in [2.24, 2.45) is 0 Å². The molecule has 0 aliphatic carbocycles. The number of benzene rings is 1. The first-order valence-corrected chi connectivity index (χ1v) is 6.04. The molecule has 0 bridgehead atoms.